The van der Waals surface area contributed by atoms with Crippen LogP contribution >= 0.6 is 11.6 Å². The van der Waals surface area contributed by atoms with Gasteiger partial charge in [0.25, 0.3) is 0 Å². The van der Waals surface area contributed by atoms with Crippen molar-refractivity contribution >= 4 is 29.1 Å². The summed E-state index contributed by atoms with van der Waals surface area (Å²) < 4.78 is 0. The maximum atomic E-state index is 12.6. The molecule has 0 aliphatic carbocycles. The Morgan fingerprint density at radius 2 is 1.34 bits per heavy atom. The molecule has 0 radical (unpaired) electrons. The highest BCUT2D eigenvalue weighted by molar-refractivity contribution is 6.30. The van der Waals surface area contributed by atoms with Crippen molar-refractivity contribution in [3.8, 4) is 0 Å². The predicted octanol–water partition coefficient (Wildman–Crippen LogP) is 4.23. The highest BCUT2D eigenvalue weighted by atomic mass is 35.5. The molecule has 3 aromatic carbocycles. The molecule has 0 bridgehead atoms. The minimum atomic E-state index is -0.463. The van der Waals surface area contributed by atoms with E-state index in [1.54, 1.807) is 24.3 Å². The van der Waals surface area contributed by atoms with Crippen molar-refractivity contribution in [2.45, 2.75) is 18.5 Å². The van der Waals surface area contributed by atoms with E-state index < -0.39 is 23.9 Å². The Kier molecular flexibility index (Phi) is 7.00. The van der Waals surface area contributed by atoms with Gasteiger partial charge in [-0.15, -0.1) is 0 Å². The molecule has 29 heavy (non-hydrogen) atoms. The number of anilines is 1. The third kappa shape index (κ3) is 5.91. The molecule has 0 unspecified atom stereocenters. The van der Waals surface area contributed by atoms with Crippen LogP contribution in [0.25, 0.3) is 0 Å². The molecule has 0 heterocycles. The molecule has 0 spiro atoms. The summed E-state index contributed by atoms with van der Waals surface area (Å²) in [6.07, 6.45) is -0.312. The van der Waals surface area contributed by atoms with E-state index in [-0.39, 0.29) is 6.42 Å². The Balaban J connectivity index is 1.69. The minimum absolute atomic E-state index is 0.312. The summed E-state index contributed by atoms with van der Waals surface area (Å²) in [6, 6.07) is 24.8. The van der Waals surface area contributed by atoms with Crippen molar-refractivity contribution in [3.63, 3.8) is 0 Å². The van der Waals surface area contributed by atoms with Gasteiger partial charge >= 0.3 is 0 Å². The quantitative estimate of drug-likeness (QED) is 0.512. The van der Waals surface area contributed by atoms with Crippen molar-refractivity contribution in [1.82, 2.24) is 5.32 Å². The van der Waals surface area contributed by atoms with E-state index in [4.69, 9.17) is 17.3 Å². The molecule has 2 atom stereocenters. The summed E-state index contributed by atoms with van der Waals surface area (Å²) in [5, 5.41) is 6.17. The fourth-order valence-electron chi connectivity index (χ4n) is 3.02. The van der Waals surface area contributed by atoms with Gasteiger partial charge < -0.3 is 16.4 Å². The number of benzene rings is 3. The summed E-state index contributed by atoms with van der Waals surface area (Å²) in [5.41, 5.74) is 8.80. The number of amides is 2. The molecule has 0 saturated heterocycles. The topological polar surface area (TPSA) is 84.2 Å². The van der Waals surface area contributed by atoms with Crippen LogP contribution in [0.5, 0.6) is 0 Å². The molecule has 4 N–H and O–H groups in total. The Labute approximate surface area is 174 Å². The van der Waals surface area contributed by atoms with Crippen molar-refractivity contribution in [3.05, 3.63) is 101 Å². The zero-order valence-electron chi connectivity index (χ0n) is 15.7. The van der Waals surface area contributed by atoms with Gasteiger partial charge in [0.05, 0.1) is 12.1 Å². The number of rotatable bonds is 7. The van der Waals surface area contributed by atoms with E-state index in [1.807, 2.05) is 60.7 Å². The van der Waals surface area contributed by atoms with Crippen molar-refractivity contribution in [2.24, 2.45) is 5.73 Å². The minimum Gasteiger partial charge on any atom is -0.347 e. The second kappa shape index (κ2) is 9.87. The van der Waals surface area contributed by atoms with E-state index in [9.17, 15) is 9.59 Å². The highest BCUT2D eigenvalue weighted by Gasteiger charge is 2.24. The summed E-state index contributed by atoms with van der Waals surface area (Å²) >= 11 is 5.84. The van der Waals surface area contributed by atoms with Crippen molar-refractivity contribution in [1.29, 1.82) is 0 Å². The monoisotopic (exact) mass is 407 g/mol. The Bertz CT molecular complexity index is 947. The zero-order chi connectivity index (χ0) is 20.6. The molecule has 148 valence electrons. The lowest BCUT2D eigenvalue weighted by Crippen LogP contribution is -2.37. The van der Waals surface area contributed by atoms with Gasteiger partial charge in [-0.25, -0.2) is 0 Å². The fourth-order valence-corrected chi connectivity index (χ4v) is 3.14. The highest BCUT2D eigenvalue weighted by Crippen LogP contribution is 2.26. The number of halogens is 1. The van der Waals surface area contributed by atoms with Crippen LogP contribution in [0, 0.1) is 0 Å². The van der Waals surface area contributed by atoms with Gasteiger partial charge in [0.2, 0.25) is 11.8 Å². The van der Waals surface area contributed by atoms with Crippen LogP contribution in [0.2, 0.25) is 5.02 Å². The molecule has 2 amide bonds. The van der Waals surface area contributed by atoms with Gasteiger partial charge in [-0.3, -0.25) is 9.59 Å². The van der Waals surface area contributed by atoms with Crippen LogP contribution in [-0.2, 0) is 9.59 Å². The first-order chi connectivity index (χ1) is 14.0. The average Bonchev–Trinajstić information content (AvgIpc) is 2.74. The lowest BCUT2D eigenvalue weighted by atomic mass is 9.94. The molecule has 3 aromatic rings. The van der Waals surface area contributed by atoms with Gasteiger partial charge in [0.1, 0.15) is 6.42 Å². The number of carbonyl (C=O) groups excluding carboxylic acids is 2. The molecular weight excluding hydrogens is 386 g/mol. The first kappa shape index (κ1) is 20.6. The maximum absolute atomic E-state index is 12.6. The van der Waals surface area contributed by atoms with Crippen molar-refractivity contribution < 1.29 is 9.59 Å². The van der Waals surface area contributed by atoms with E-state index in [0.29, 0.717) is 10.7 Å². The van der Waals surface area contributed by atoms with Crippen LogP contribution in [0.1, 0.15) is 29.6 Å². The average molecular weight is 408 g/mol. The van der Waals surface area contributed by atoms with E-state index in [1.165, 1.54) is 0 Å². The maximum Gasteiger partial charge on any atom is 0.233 e. The van der Waals surface area contributed by atoms with E-state index in [0.717, 1.165) is 11.1 Å². The molecule has 0 aromatic heterocycles. The van der Waals surface area contributed by atoms with Crippen LogP contribution < -0.4 is 16.4 Å². The fraction of sp³-hybridized carbons (Fsp3) is 0.130. The first-order valence-electron chi connectivity index (χ1n) is 9.23. The first-order valence-corrected chi connectivity index (χ1v) is 9.61. The van der Waals surface area contributed by atoms with Crippen molar-refractivity contribution in [2.75, 3.05) is 5.32 Å². The van der Waals surface area contributed by atoms with Gasteiger partial charge in [-0.05, 0) is 35.4 Å². The lowest BCUT2D eigenvalue weighted by molar-refractivity contribution is -0.127. The summed E-state index contributed by atoms with van der Waals surface area (Å²) in [7, 11) is 0. The zero-order valence-corrected chi connectivity index (χ0v) is 16.5. The van der Waals surface area contributed by atoms with Crippen LogP contribution in [-0.4, -0.2) is 11.8 Å². The number of nitrogens with two attached hydrogens (primary N) is 1. The predicted molar refractivity (Wildman–Crippen MR) is 115 cm³/mol. The molecular formula is C23H22ClN3O2. The third-order valence-electron chi connectivity index (χ3n) is 4.47. The second-order valence-electron chi connectivity index (χ2n) is 6.62. The second-order valence-corrected chi connectivity index (χ2v) is 7.06. The molecule has 0 saturated carbocycles. The number of nitrogens with one attached hydrogen (secondary N) is 2. The number of hydrogen-bond acceptors (Lipinski definition) is 3. The van der Waals surface area contributed by atoms with Gasteiger partial charge in [-0.1, -0.05) is 72.3 Å². The smallest absolute Gasteiger partial charge is 0.233 e. The SMILES string of the molecule is N[C@H](c1ccccc1)[C@H](NC(=O)CC(=O)Nc1ccc(Cl)cc1)c1ccccc1. The summed E-state index contributed by atoms with van der Waals surface area (Å²) in [6.45, 7) is 0. The van der Waals surface area contributed by atoms with Gasteiger partial charge in [0, 0.05) is 10.7 Å². The molecule has 0 fully saturated rings. The normalized spacial score (nSPS) is 12.6. The van der Waals surface area contributed by atoms with Crippen LogP contribution in [0.4, 0.5) is 5.69 Å². The molecule has 0 aliphatic heterocycles. The van der Waals surface area contributed by atoms with Gasteiger partial charge in [0.15, 0.2) is 0 Å². The van der Waals surface area contributed by atoms with Crippen LogP contribution in [0.3, 0.4) is 0 Å². The van der Waals surface area contributed by atoms with E-state index in [2.05, 4.69) is 10.6 Å². The Hall–Kier alpha value is -3.15. The molecule has 6 heteroatoms. The molecule has 3 rings (SSSR count). The number of carbonyl (C=O) groups is 2. The third-order valence-corrected chi connectivity index (χ3v) is 4.72. The lowest BCUT2D eigenvalue weighted by Gasteiger charge is -2.26. The Morgan fingerprint density at radius 3 is 1.93 bits per heavy atom. The number of hydrogen-bond donors (Lipinski definition) is 3. The van der Waals surface area contributed by atoms with Gasteiger partial charge in [-0.2, -0.15) is 0 Å². The summed E-state index contributed by atoms with van der Waals surface area (Å²) in [5.74, 6) is -0.818. The largest absolute Gasteiger partial charge is 0.347 e. The molecule has 5 nitrogen and oxygen atoms in total. The van der Waals surface area contributed by atoms with E-state index >= 15 is 0 Å². The summed E-state index contributed by atoms with van der Waals surface area (Å²) in [4.78, 5) is 24.8. The Morgan fingerprint density at radius 1 is 0.793 bits per heavy atom. The standard InChI is InChI=1S/C23H22ClN3O2/c24-18-11-13-19(14-12-18)26-20(28)15-21(29)27-23(17-9-5-2-6-10-17)22(25)16-7-3-1-4-8-16/h1-14,22-23H,15,25H2,(H,26,28)(H,27,29)/t22-,23-/m1/s1. The van der Waals surface area contributed by atoms with Crippen LogP contribution in [0.15, 0.2) is 84.9 Å². The molecule has 0 aliphatic rings.